The predicted molar refractivity (Wildman–Crippen MR) is 78.1 cm³/mol. The second kappa shape index (κ2) is 6.36. The zero-order valence-electron chi connectivity index (χ0n) is 11.2. The van der Waals surface area contributed by atoms with Crippen molar-refractivity contribution in [3.05, 3.63) is 55.8 Å². The number of hydrogen-bond donors (Lipinski definition) is 1. The minimum Gasteiger partial charge on any atom is -0.481 e. The molecule has 0 aliphatic carbocycles. The topological polar surface area (TPSA) is 89.7 Å². The summed E-state index contributed by atoms with van der Waals surface area (Å²) < 4.78 is 5.45. The summed E-state index contributed by atoms with van der Waals surface area (Å²) in [6.45, 7) is 2.27. The lowest BCUT2D eigenvalue weighted by Gasteiger charge is -2.06. The average Bonchev–Trinajstić information content (AvgIpc) is 2.92. The summed E-state index contributed by atoms with van der Waals surface area (Å²) in [5, 5.41) is 19.9. The van der Waals surface area contributed by atoms with Gasteiger partial charge in [-0.25, -0.2) is 4.79 Å². The molecule has 21 heavy (non-hydrogen) atoms. The smallest absolute Gasteiger partial charge is 0.335 e. The van der Waals surface area contributed by atoms with Crippen molar-refractivity contribution in [3.8, 4) is 5.75 Å². The van der Waals surface area contributed by atoms with Gasteiger partial charge in [-0.05, 0) is 30.7 Å². The third-order valence-corrected chi connectivity index (χ3v) is 4.04. The fourth-order valence-corrected chi connectivity index (χ4v) is 2.63. The van der Waals surface area contributed by atoms with Gasteiger partial charge in [0.2, 0.25) is 0 Å². The first kappa shape index (κ1) is 15.0. The Labute approximate surface area is 124 Å². The first-order valence-electron chi connectivity index (χ1n) is 6.23. The molecule has 1 N–H and O–H groups in total. The Morgan fingerprint density at radius 3 is 2.62 bits per heavy atom. The molecule has 0 atom stereocenters. The monoisotopic (exact) mass is 307 g/mol. The van der Waals surface area contributed by atoms with Gasteiger partial charge in [-0.15, -0.1) is 11.3 Å². The molecule has 0 bridgehead atoms. The van der Waals surface area contributed by atoms with Crippen LogP contribution in [0.1, 0.15) is 27.0 Å². The van der Waals surface area contributed by atoms with E-state index < -0.39 is 10.9 Å². The van der Waals surface area contributed by atoms with Crippen LogP contribution in [0.25, 0.3) is 0 Å². The molecule has 0 saturated carbocycles. The molecule has 0 amide bonds. The lowest BCUT2D eigenvalue weighted by Crippen LogP contribution is -2.01. The first-order chi connectivity index (χ1) is 10.0. The Hall–Kier alpha value is -2.41. The molecule has 2 aromatic rings. The van der Waals surface area contributed by atoms with E-state index in [2.05, 4.69) is 0 Å². The molecule has 7 heteroatoms. The molecule has 0 spiro atoms. The van der Waals surface area contributed by atoms with Crippen molar-refractivity contribution < 1.29 is 19.6 Å². The molecule has 1 aromatic heterocycles. The number of carbonyl (C=O) groups is 1. The Balaban J connectivity index is 2.19. The minimum atomic E-state index is -1.21. The van der Waals surface area contributed by atoms with Gasteiger partial charge in [-0.3, -0.25) is 10.1 Å². The molecule has 0 fully saturated rings. The molecule has 0 unspecified atom stereocenters. The van der Waals surface area contributed by atoms with Gasteiger partial charge >= 0.3 is 11.7 Å². The second-order valence-corrected chi connectivity index (χ2v) is 5.51. The van der Waals surface area contributed by atoms with Gasteiger partial charge < -0.3 is 9.84 Å². The summed E-state index contributed by atoms with van der Waals surface area (Å²) in [6, 6.07) is 7.52. The number of ether oxygens (including phenoxy) is 1. The van der Waals surface area contributed by atoms with Crippen LogP contribution in [0.3, 0.4) is 0 Å². The van der Waals surface area contributed by atoms with Crippen molar-refractivity contribution in [2.75, 3.05) is 0 Å². The molecule has 2 rings (SSSR count). The largest absolute Gasteiger partial charge is 0.481 e. The van der Waals surface area contributed by atoms with Gasteiger partial charge in [0.1, 0.15) is 6.61 Å². The number of aryl methyl sites for hydroxylation is 1. The van der Waals surface area contributed by atoms with E-state index in [0.29, 0.717) is 0 Å². The number of nitro benzene ring substituents is 1. The molecule has 0 aliphatic heterocycles. The molecule has 0 radical (unpaired) electrons. The van der Waals surface area contributed by atoms with E-state index in [1.807, 2.05) is 19.1 Å². The summed E-state index contributed by atoms with van der Waals surface area (Å²) in [5.41, 5.74) is -0.486. The number of nitro groups is 1. The normalized spacial score (nSPS) is 10.3. The molecule has 110 valence electrons. The van der Waals surface area contributed by atoms with E-state index in [-0.39, 0.29) is 23.6 Å². The Morgan fingerprint density at radius 1 is 1.33 bits per heavy atom. The summed E-state index contributed by atoms with van der Waals surface area (Å²) >= 11 is 1.59. The zero-order chi connectivity index (χ0) is 15.4. The number of carboxylic acids is 1. The average molecular weight is 307 g/mol. The van der Waals surface area contributed by atoms with Crippen LogP contribution < -0.4 is 4.74 Å². The van der Waals surface area contributed by atoms with Crippen molar-refractivity contribution >= 4 is 23.0 Å². The molecule has 0 aliphatic rings. The number of rotatable bonds is 6. The van der Waals surface area contributed by atoms with Crippen LogP contribution in [-0.2, 0) is 13.0 Å². The molecular formula is C14H13NO5S. The Morgan fingerprint density at radius 2 is 2.05 bits per heavy atom. The van der Waals surface area contributed by atoms with Crippen molar-refractivity contribution in [2.45, 2.75) is 20.0 Å². The SMILES string of the molecule is CCc1ccc(COc2ccc(C(=O)O)cc2[N+](=O)[O-])s1. The molecule has 0 saturated heterocycles. The summed E-state index contributed by atoms with van der Waals surface area (Å²) in [6.07, 6.45) is 0.929. The highest BCUT2D eigenvalue weighted by atomic mass is 32.1. The van der Waals surface area contributed by atoms with Gasteiger partial charge in [0.15, 0.2) is 5.75 Å². The summed E-state index contributed by atoms with van der Waals surface area (Å²) in [7, 11) is 0. The van der Waals surface area contributed by atoms with E-state index >= 15 is 0 Å². The van der Waals surface area contributed by atoms with Crippen molar-refractivity contribution in [1.29, 1.82) is 0 Å². The molecule has 1 aromatic carbocycles. The Bertz CT molecular complexity index is 680. The van der Waals surface area contributed by atoms with Crippen molar-refractivity contribution in [2.24, 2.45) is 0 Å². The quantitative estimate of drug-likeness (QED) is 0.651. The third kappa shape index (κ3) is 3.57. The maximum absolute atomic E-state index is 11.0. The van der Waals surface area contributed by atoms with E-state index in [1.165, 1.54) is 17.0 Å². The Kier molecular flexibility index (Phi) is 4.54. The predicted octanol–water partition coefficient (Wildman–Crippen LogP) is 3.50. The maximum Gasteiger partial charge on any atom is 0.335 e. The zero-order valence-corrected chi connectivity index (χ0v) is 12.1. The fraction of sp³-hybridized carbons (Fsp3) is 0.214. The standard InChI is InChI=1S/C14H13NO5S/c1-2-10-4-5-11(21-10)8-20-13-6-3-9(14(16)17)7-12(13)15(18)19/h3-7H,2,8H2,1H3,(H,16,17). The first-order valence-corrected chi connectivity index (χ1v) is 7.05. The number of benzene rings is 1. The van der Waals surface area contributed by atoms with E-state index in [9.17, 15) is 14.9 Å². The number of hydrogen-bond acceptors (Lipinski definition) is 5. The van der Waals surface area contributed by atoms with E-state index in [0.717, 1.165) is 17.4 Å². The second-order valence-electron chi connectivity index (χ2n) is 4.26. The third-order valence-electron chi connectivity index (χ3n) is 2.84. The van der Waals surface area contributed by atoms with E-state index in [1.54, 1.807) is 11.3 Å². The van der Waals surface area contributed by atoms with Crippen LogP contribution in [0.15, 0.2) is 30.3 Å². The minimum absolute atomic E-state index is 0.0662. The molecule has 6 nitrogen and oxygen atoms in total. The number of carboxylic acid groups (broad SMARTS) is 1. The van der Waals surface area contributed by atoms with Crippen LogP contribution >= 0.6 is 11.3 Å². The van der Waals surface area contributed by atoms with Crippen LogP contribution in [0.2, 0.25) is 0 Å². The fourth-order valence-electron chi connectivity index (χ4n) is 1.75. The molecule has 1 heterocycles. The van der Waals surface area contributed by atoms with Gasteiger partial charge in [0, 0.05) is 15.8 Å². The highest BCUT2D eigenvalue weighted by Crippen LogP contribution is 2.29. The van der Waals surface area contributed by atoms with Gasteiger partial charge in [0.25, 0.3) is 0 Å². The highest BCUT2D eigenvalue weighted by Gasteiger charge is 2.18. The van der Waals surface area contributed by atoms with Gasteiger partial charge in [0.05, 0.1) is 10.5 Å². The van der Waals surface area contributed by atoms with Gasteiger partial charge in [-0.2, -0.15) is 0 Å². The molecular weight excluding hydrogens is 294 g/mol. The van der Waals surface area contributed by atoms with Gasteiger partial charge in [-0.1, -0.05) is 6.92 Å². The maximum atomic E-state index is 11.0. The van der Waals surface area contributed by atoms with Crippen LogP contribution in [0.4, 0.5) is 5.69 Å². The lowest BCUT2D eigenvalue weighted by atomic mass is 10.2. The van der Waals surface area contributed by atoms with Crippen molar-refractivity contribution in [3.63, 3.8) is 0 Å². The van der Waals surface area contributed by atoms with Crippen molar-refractivity contribution in [1.82, 2.24) is 0 Å². The highest BCUT2D eigenvalue weighted by molar-refractivity contribution is 7.11. The lowest BCUT2D eigenvalue weighted by molar-refractivity contribution is -0.386. The van der Waals surface area contributed by atoms with E-state index in [4.69, 9.17) is 9.84 Å². The summed E-state index contributed by atoms with van der Waals surface area (Å²) in [4.78, 5) is 23.4. The van der Waals surface area contributed by atoms with Crippen LogP contribution in [-0.4, -0.2) is 16.0 Å². The van der Waals surface area contributed by atoms with Crippen LogP contribution in [0, 0.1) is 10.1 Å². The number of thiophene rings is 1. The number of nitrogens with zero attached hydrogens (tertiary/aromatic N) is 1. The number of aromatic carboxylic acids is 1. The summed E-state index contributed by atoms with van der Waals surface area (Å²) in [5.74, 6) is -1.15. The van der Waals surface area contributed by atoms with Crippen LogP contribution in [0.5, 0.6) is 5.75 Å².